The quantitative estimate of drug-likeness (QED) is 0.479. The average molecular weight is 430 g/mol. The number of ether oxygens (including phenoxy) is 1. The van der Waals surface area contributed by atoms with Crippen molar-refractivity contribution in [2.45, 2.75) is 20.5 Å². The number of amidine groups is 1. The van der Waals surface area contributed by atoms with E-state index in [1.54, 1.807) is 11.1 Å². The molecule has 5 nitrogen and oxygen atoms in total. The van der Waals surface area contributed by atoms with E-state index in [2.05, 4.69) is 41.2 Å². The van der Waals surface area contributed by atoms with Gasteiger partial charge < -0.3 is 4.74 Å². The van der Waals surface area contributed by atoms with E-state index in [1.807, 2.05) is 55.5 Å². The van der Waals surface area contributed by atoms with Crippen LogP contribution in [0.4, 0.5) is 5.82 Å². The summed E-state index contributed by atoms with van der Waals surface area (Å²) >= 11 is 1.37. The highest BCUT2D eigenvalue weighted by molar-refractivity contribution is 8.18. The summed E-state index contributed by atoms with van der Waals surface area (Å²) in [6, 6.07) is 21.6. The van der Waals surface area contributed by atoms with E-state index in [4.69, 9.17) is 4.74 Å². The average Bonchev–Trinajstić information content (AvgIpc) is 3.08. The van der Waals surface area contributed by atoms with Crippen LogP contribution in [-0.4, -0.2) is 27.5 Å². The van der Waals surface area contributed by atoms with Crippen molar-refractivity contribution in [1.29, 1.82) is 0 Å². The molecule has 156 valence electrons. The maximum Gasteiger partial charge on any atom is 0.266 e. The molecule has 0 bridgehead atoms. The summed E-state index contributed by atoms with van der Waals surface area (Å²) in [5.74, 6) is 1.34. The predicted molar refractivity (Wildman–Crippen MR) is 126 cm³/mol. The van der Waals surface area contributed by atoms with Gasteiger partial charge in [-0.05, 0) is 67.1 Å². The number of likely N-dealkylation sites (N-methyl/N-ethyl adjacent to an activating group) is 1. The number of aliphatic imine (C=N–C) groups is 1. The van der Waals surface area contributed by atoms with Crippen molar-refractivity contribution in [3.05, 3.63) is 94.5 Å². The van der Waals surface area contributed by atoms with E-state index in [-0.39, 0.29) is 5.91 Å². The summed E-state index contributed by atoms with van der Waals surface area (Å²) in [5, 5.41) is 0.649. The van der Waals surface area contributed by atoms with E-state index in [1.165, 1.54) is 17.3 Å². The van der Waals surface area contributed by atoms with Crippen LogP contribution in [0.3, 0.4) is 0 Å². The van der Waals surface area contributed by atoms with Gasteiger partial charge >= 0.3 is 0 Å². The molecular formula is C25H23N3O2S. The minimum absolute atomic E-state index is 0.0399. The second-order valence-corrected chi connectivity index (χ2v) is 8.09. The number of rotatable bonds is 6. The molecule has 0 spiro atoms. The van der Waals surface area contributed by atoms with Crippen molar-refractivity contribution in [3.63, 3.8) is 0 Å². The third-order valence-corrected chi connectivity index (χ3v) is 5.77. The Balaban J connectivity index is 1.45. The number of hydrogen-bond acceptors (Lipinski definition) is 5. The van der Waals surface area contributed by atoms with Crippen LogP contribution in [0.15, 0.2) is 82.8 Å². The predicted octanol–water partition coefficient (Wildman–Crippen LogP) is 5.59. The molecule has 4 rings (SSSR count). The van der Waals surface area contributed by atoms with E-state index >= 15 is 0 Å². The Morgan fingerprint density at radius 3 is 2.52 bits per heavy atom. The molecule has 1 amide bonds. The lowest BCUT2D eigenvalue weighted by Gasteiger charge is -2.11. The van der Waals surface area contributed by atoms with E-state index in [9.17, 15) is 4.79 Å². The number of thioether (sulfide) groups is 1. The normalized spacial score (nSPS) is 16.3. The van der Waals surface area contributed by atoms with E-state index in [0.29, 0.717) is 29.0 Å². The monoisotopic (exact) mass is 429 g/mol. The number of carbonyl (C=O) groups excluding carboxylic acids is 1. The number of hydrogen-bond donors (Lipinski definition) is 0. The minimum atomic E-state index is -0.0399. The van der Waals surface area contributed by atoms with Gasteiger partial charge in [0, 0.05) is 12.7 Å². The van der Waals surface area contributed by atoms with Gasteiger partial charge in [0.05, 0.1) is 4.91 Å². The Morgan fingerprint density at radius 2 is 1.84 bits per heavy atom. The summed E-state index contributed by atoms with van der Waals surface area (Å²) in [6.07, 6.45) is 3.58. The molecule has 1 aliphatic rings. The van der Waals surface area contributed by atoms with Gasteiger partial charge in [-0.3, -0.25) is 9.69 Å². The number of benzene rings is 2. The van der Waals surface area contributed by atoms with Gasteiger partial charge in [0.25, 0.3) is 5.91 Å². The molecule has 0 atom stereocenters. The molecule has 1 aliphatic heterocycles. The van der Waals surface area contributed by atoms with Crippen LogP contribution in [-0.2, 0) is 11.4 Å². The van der Waals surface area contributed by atoms with Crippen LogP contribution in [0.2, 0.25) is 0 Å². The van der Waals surface area contributed by atoms with Crippen LogP contribution < -0.4 is 4.74 Å². The minimum Gasteiger partial charge on any atom is -0.489 e. The van der Waals surface area contributed by atoms with Gasteiger partial charge in [0.2, 0.25) is 0 Å². The summed E-state index contributed by atoms with van der Waals surface area (Å²) in [6.45, 7) is 5.09. The summed E-state index contributed by atoms with van der Waals surface area (Å²) in [4.78, 5) is 23.9. The van der Waals surface area contributed by atoms with Crippen molar-refractivity contribution in [2.75, 3.05) is 6.54 Å². The first-order valence-corrected chi connectivity index (χ1v) is 10.9. The molecule has 0 aliphatic carbocycles. The Kier molecular flexibility index (Phi) is 6.48. The number of nitrogens with zero attached hydrogens (tertiary/aromatic N) is 3. The maximum absolute atomic E-state index is 12.8. The van der Waals surface area contributed by atoms with Crippen LogP contribution in [0.25, 0.3) is 6.08 Å². The zero-order valence-electron chi connectivity index (χ0n) is 17.5. The maximum atomic E-state index is 12.8. The SMILES string of the molecule is CCN1C(=O)/C(=C/c2ccc(OCc3ccc(C)cc3)cc2)S/C1=N/c1ccccn1. The topological polar surface area (TPSA) is 54.8 Å². The Hall–Kier alpha value is -3.38. The van der Waals surface area contributed by atoms with E-state index < -0.39 is 0 Å². The lowest BCUT2D eigenvalue weighted by atomic mass is 10.1. The van der Waals surface area contributed by atoms with Crippen LogP contribution >= 0.6 is 11.8 Å². The third-order valence-electron chi connectivity index (χ3n) is 4.77. The molecule has 31 heavy (non-hydrogen) atoms. The van der Waals surface area contributed by atoms with Gasteiger partial charge in [0.1, 0.15) is 12.4 Å². The number of aromatic nitrogens is 1. The fourth-order valence-electron chi connectivity index (χ4n) is 3.05. The molecule has 2 aromatic carbocycles. The van der Waals surface area contributed by atoms with Crippen molar-refractivity contribution in [3.8, 4) is 5.75 Å². The largest absolute Gasteiger partial charge is 0.489 e. The number of pyridine rings is 1. The second-order valence-electron chi connectivity index (χ2n) is 7.09. The first-order valence-electron chi connectivity index (χ1n) is 10.1. The molecule has 0 N–H and O–H groups in total. The first-order chi connectivity index (χ1) is 15.1. The molecule has 0 radical (unpaired) electrons. The van der Waals surface area contributed by atoms with Gasteiger partial charge in [-0.2, -0.15) is 0 Å². The summed E-state index contributed by atoms with van der Waals surface area (Å²) in [7, 11) is 0. The molecule has 1 fully saturated rings. The Bertz CT molecular complexity index is 1110. The van der Waals surface area contributed by atoms with Gasteiger partial charge in [-0.1, -0.05) is 48.0 Å². The Morgan fingerprint density at radius 1 is 1.06 bits per heavy atom. The number of carbonyl (C=O) groups is 1. The highest BCUT2D eigenvalue weighted by Gasteiger charge is 2.32. The van der Waals surface area contributed by atoms with Crippen molar-refractivity contribution in [1.82, 2.24) is 9.88 Å². The van der Waals surface area contributed by atoms with Crippen LogP contribution in [0.5, 0.6) is 5.75 Å². The highest BCUT2D eigenvalue weighted by Crippen LogP contribution is 2.33. The fraction of sp³-hybridized carbons (Fsp3) is 0.160. The molecule has 0 unspecified atom stereocenters. The van der Waals surface area contributed by atoms with Gasteiger partial charge in [-0.15, -0.1) is 0 Å². The standard InChI is InChI=1S/C25H23N3O2S/c1-3-28-24(29)22(31-25(28)27-23-6-4-5-15-26-23)16-19-11-13-21(14-12-19)30-17-20-9-7-18(2)8-10-20/h4-16H,3,17H2,1-2H3/b22-16-,27-25+. The van der Waals surface area contributed by atoms with Crippen LogP contribution in [0, 0.1) is 6.92 Å². The summed E-state index contributed by atoms with van der Waals surface area (Å²) in [5.41, 5.74) is 3.30. The molecule has 0 saturated carbocycles. The molecule has 1 aromatic heterocycles. The summed E-state index contributed by atoms with van der Waals surface area (Å²) < 4.78 is 5.87. The van der Waals surface area contributed by atoms with Crippen molar-refractivity contribution >= 4 is 34.7 Å². The van der Waals surface area contributed by atoms with Gasteiger partial charge in [-0.25, -0.2) is 9.98 Å². The fourth-order valence-corrected chi connectivity index (χ4v) is 4.10. The van der Waals surface area contributed by atoms with Crippen molar-refractivity contribution in [2.24, 2.45) is 4.99 Å². The smallest absolute Gasteiger partial charge is 0.266 e. The van der Waals surface area contributed by atoms with Crippen molar-refractivity contribution < 1.29 is 9.53 Å². The van der Waals surface area contributed by atoms with E-state index in [0.717, 1.165) is 16.9 Å². The first kappa shape index (κ1) is 20.9. The van der Waals surface area contributed by atoms with Crippen LogP contribution in [0.1, 0.15) is 23.6 Å². The lowest BCUT2D eigenvalue weighted by Crippen LogP contribution is -2.28. The number of amides is 1. The number of aryl methyl sites for hydroxylation is 1. The van der Waals surface area contributed by atoms with Gasteiger partial charge in [0.15, 0.2) is 11.0 Å². The molecule has 6 heteroatoms. The zero-order chi connectivity index (χ0) is 21.6. The molecule has 3 aromatic rings. The molecule has 1 saturated heterocycles. The second kappa shape index (κ2) is 9.62. The third kappa shape index (κ3) is 5.22. The lowest BCUT2D eigenvalue weighted by molar-refractivity contribution is -0.122. The zero-order valence-corrected chi connectivity index (χ0v) is 18.3. The Labute approximate surface area is 186 Å². The molecular weight excluding hydrogens is 406 g/mol. The molecule has 2 heterocycles. The highest BCUT2D eigenvalue weighted by atomic mass is 32.2.